The summed E-state index contributed by atoms with van der Waals surface area (Å²) in [5, 5.41) is 5.71. The second-order valence-electron chi connectivity index (χ2n) is 6.54. The number of hydrogen-bond donors (Lipinski definition) is 2. The summed E-state index contributed by atoms with van der Waals surface area (Å²) in [5.41, 5.74) is 2.68. The lowest BCUT2D eigenvalue weighted by molar-refractivity contribution is -0.121. The van der Waals surface area contributed by atoms with E-state index in [1.165, 1.54) is 22.8 Å². The van der Waals surface area contributed by atoms with Gasteiger partial charge in [0.1, 0.15) is 12.4 Å². The standard InChI is InChI=1S/C21H21FN4O2/c1-14-6-8-16(9-7-14)12-23-19(27)13-26-20(28)10-15(2)24-21(26)25-18-5-3-4-17(22)11-18/h3-11H,12-13H2,1-2H3,(H,23,27)(H,24,25). The predicted octanol–water partition coefficient (Wildman–Crippen LogP) is 3.06. The molecule has 1 aromatic heterocycles. The normalized spacial score (nSPS) is 10.5. The third kappa shape index (κ3) is 5.03. The lowest BCUT2D eigenvalue weighted by atomic mass is 10.1. The van der Waals surface area contributed by atoms with E-state index in [-0.39, 0.29) is 24.0 Å². The molecule has 0 unspecified atom stereocenters. The number of benzene rings is 2. The predicted molar refractivity (Wildman–Crippen MR) is 106 cm³/mol. The highest BCUT2D eigenvalue weighted by atomic mass is 19.1. The molecule has 0 fully saturated rings. The average Bonchev–Trinajstić information content (AvgIpc) is 2.64. The van der Waals surface area contributed by atoms with Crippen molar-refractivity contribution >= 4 is 17.5 Å². The first kappa shape index (κ1) is 19.3. The number of hydrogen-bond acceptors (Lipinski definition) is 4. The number of nitrogens with one attached hydrogen (secondary N) is 2. The van der Waals surface area contributed by atoms with E-state index < -0.39 is 5.82 Å². The van der Waals surface area contributed by atoms with Crippen LogP contribution >= 0.6 is 0 Å². The van der Waals surface area contributed by atoms with E-state index in [4.69, 9.17) is 0 Å². The topological polar surface area (TPSA) is 76.0 Å². The number of carbonyl (C=O) groups is 1. The van der Waals surface area contributed by atoms with Crippen molar-refractivity contribution in [3.8, 4) is 0 Å². The summed E-state index contributed by atoms with van der Waals surface area (Å²) in [6.07, 6.45) is 0. The zero-order chi connectivity index (χ0) is 20.1. The first-order valence-corrected chi connectivity index (χ1v) is 8.84. The van der Waals surface area contributed by atoms with E-state index in [1.54, 1.807) is 19.1 Å². The van der Waals surface area contributed by atoms with E-state index in [1.807, 2.05) is 31.2 Å². The van der Waals surface area contributed by atoms with Crippen molar-refractivity contribution in [2.75, 3.05) is 5.32 Å². The number of anilines is 2. The molecular formula is C21H21FN4O2. The molecule has 3 aromatic rings. The Labute approximate surface area is 162 Å². The van der Waals surface area contributed by atoms with Crippen LogP contribution in [-0.4, -0.2) is 15.5 Å². The maximum Gasteiger partial charge on any atom is 0.255 e. The first-order chi connectivity index (χ1) is 13.4. The summed E-state index contributed by atoms with van der Waals surface area (Å²) in [6.45, 7) is 3.84. The fraction of sp³-hybridized carbons (Fsp3) is 0.190. The number of nitrogens with zero attached hydrogens (tertiary/aromatic N) is 2. The molecule has 0 aliphatic rings. The fourth-order valence-electron chi connectivity index (χ4n) is 2.67. The van der Waals surface area contributed by atoms with Crippen LogP contribution in [0.2, 0.25) is 0 Å². The maximum atomic E-state index is 13.4. The summed E-state index contributed by atoms with van der Waals surface area (Å²) in [6, 6.07) is 15.0. The van der Waals surface area contributed by atoms with E-state index in [9.17, 15) is 14.0 Å². The first-order valence-electron chi connectivity index (χ1n) is 8.84. The molecule has 1 heterocycles. The van der Waals surface area contributed by atoms with Crippen molar-refractivity contribution in [3.63, 3.8) is 0 Å². The maximum absolute atomic E-state index is 13.4. The lowest BCUT2D eigenvalue weighted by Crippen LogP contribution is -2.33. The third-order valence-corrected chi connectivity index (χ3v) is 4.13. The van der Waals surface area contributed by atoms with Gasteiger partial charge in [-0.25, -0.2) is 9.37 Å². The second-order valence-corrected chi connectivity index (χ2v) is 6.54. The number of carbonyl (C=O) groups excluding carboxylic acids is 1. The highest BCUT2D eigenvalue weighted by Crippen LogP contribution is 2.15. The van der Waals surface area contributed by atoms with Crippen molar-refractivity contribution in [1.29, 1.82) is 0 Å². The van der Waals surface area contributed by atoms with Gasteiger partial charge in [0, 0.05) is 24.0 Å². The number of halogens is 1. The molecule has 3 rings (SSSR count). The van der Waals surface area contributed by atoms with Crippen LogP contribution in [0.25, 0.3) is 0 Å². The van der Waals surface area contributed by atoms with Crippen molar-refractivity contribution in [2.45, 2.75) is 26.9 Å². The molecule has 0 saturated carbocycles. The molecule has 0 atom stereocenters. The van der Waals surface area contributed by atoms with Gasteiger partial charge in [-0.2, -0.15) is 0 Å². The SMILES string of the molecule is Cc1ccc(CNC(=O)Cn2c(Nc3cccc(F)c3)nc(C)cc2=O)cc1. The largest absolute Gasteiger partial charge is 0.350 e. The average molecular weight is 380 g/mol. The van der Waals surface area contributed by atoms with Crippen molar-refractivity contribution in [3.05, 3.63) is 87.6 Å². The molecule has 7 heteroatoms. The monoisotopic (exact) mass is 380 g/mol. The molecule has 0 saturated heterocycles. The molecule has 6 nitrogen and oxygen atoms in total. The van der Waals surface area contributed by atoms with Crippen LogP contribution in [0.4, 0.5) is 16.0 Å². The number of aryl methyl sites for hydroxylation is 2. The Morgan fingerprint density at radius 1 is 1.11 bits per heavy atom. The molecule has 1 amide bonds. The molecule has 2 N–H and O–H groups in total. The van der Waals surface area contributed by atoms with E-state index in [0.29, 0.717) is 17.9 Å². The van der Waals surface area contributed by atoms with Crippen LogP contribution < -0.4 is 16.2 Å². The lowest BCUT2D eigenvalue weighted by Gasteiger charge is -2.14. The highest BCUT2D eigenvalue weighted by molar-refractivity contribution is 5.76. The van der Waals surface area contributed by atoms with Crippen molar-refractivity contribution in [2.24, 2.45) is 0 Å². The smallest absolute Gasteiger partial charge is 0.255 e. The Morgan fingerprint density at radius 3 is 2.57 bits per heavy atom. The van der Waals surface area contributed by atoms with Gasteiger partial charge in [-0.15, -0.1) is 0 Å². The van der Waals surface area contributed by atoms with Crippen LogP contribution in [-0.2, 0) is 17.9 Å². The summed E-state index contributed by atoms with van der Waals surface area (Å²) in [7, 11) is 0. The Kier molecular flexibility index (Phi) is 5.84. The molecule has 144 valence electrons. The summed E-state index contributed by atoms with van der Waals surface area (Å²) in [4.78, 5) is 29.0. The molecule has 0 aliphatic carbocycles. The van der Waals surface area contributed by atoms with Gasteiger partial charge in [-0.3, -0.25) is 14.2 Å². The van der Waals surface area contributed by atoms with Gasteiger partial charge in [0.25, 0.3) is 5.56 Å². The van der Waals surface area contributed by atoms with Gasteiger partial charge < -0.3 is 10.6 Å². The van der Waals surface area contributed by atoms with Gasteiger partial charge in [0.05, 0.1) is 0 Å². The highest BCUT2D eigenvalue weighted by Gasteiger charge is 2.12. The molecule has 0 radical (unpaired) electrons. The molecule has 2 aromatic carbocycles. The van der Waals surface area contributed by atoms with Gasteiger partial charge in [-0.1, -0.05) is 35.9 Å². The van der Waals surface area contributed by atoms with Gasteiger partial charge in [0.2, 0.25) is 11.9 Å². The Bertz CT molecular complexity index is 1050. The van der Waals surface area contributed by atoms with Crippen molar-refractivity contribution in [1.82, 2.24) is 14.9 Å². The number of rotatable bonds is 6. The van der Waals surface area contributed by atoms with Crippen molar-refractivity contribution < 1.29 is 9.18 Å². The third-order valence-electron chi connectivity index (χ3n) is 4.13. The summed E-state index contributed by atoms with van der Waals surface area (Å²) >= 11 is 0. The van der Waals surface area contributed by atoms with E-state index >= 15 is 0 Å². The zero-order valence-electron chi connectivity index (χ0n) is 15.7. The fourth-order valence-corrected chi connectivity index (χ4v) is 2.67. The van der Waals surface area contributed by atoms with Crippen LogP contribution in [0.3, 0.4) is 0 Å². The minimum Gasteiger partial charge on any atom is -0.350 e. The molecular weight excluding hydrogens is 359 g/mol. The minimum atomic E-state index is -0.414. The number of aromatic nitrogens is 2. The van der Waals surface area contributed by atoms with E-state index in [0.717, 1.165) is 11.1 Å². The Hall–Kier alpha value is -3.48. The molecule has 28 heavy (non-hydrogen) atoms. The Balaban J connectivity index is 1.75. The van der Waals surface area contributed by atoms with E-state index in [2.05, 4.69) is 15.6 Å². The zero-order valence-corrected chi connectivity index (χ0v) is 15.7. The molecule has 0 bridgehead atoms. The minimum absolute atomic E-state index is 0.182. The van der Waals surface area contributed by atoms with Crippen LogP contribution in [0.15, 0.2) is 59.4 Å². The number of amides is 1. The quantitative estimate of drug-likeness (QED) is 0.689. The van der Waals surface area contributed by atoms with Crippen LogP contribution in [0.1, 0.15) is 16.8 Å². The van der Waals surface area contributed by atoms with Crippen LogP contribution in [0, 0.1) is 19.7 Å². The molecule has 0 spiro atoms. The Morgan fingerprint density at radius 2 is 1.86 bits per heavy atom. The van der Waals surface area contributed by atoms with Gasteiger partial charge in [-0.05, 0) is 37.6 Å². The van der Waals surface area contributed by atoms with Crippen LogP contribution in [0.5, 0.6) is 0 Å². The summed E-state index contributed by atoms with van der Waals surface area (Å²) in [5.74, 6) is -0.556. The summed E-state index contributed by atoms with van der Waals surface area (Å²) < 4.78 is 14.7. The van der Waals surface area contributed by atoms with Gasteiger partial charge in [0.15, 0.2) is 0 Å². The molecule has 0 aliphatic heterocycles. The second kappa shape index (κ2) is 8.47. The van der Waals surface area contributed by atoms with Gasteiger partial charge >= 0.3 is 0 Å².